The molecule has 0 aliphatic carbocycles. The first-order valence-electron chi connectivity index (χ1n) is 9.80. The molecule has 4 aromatic rings. The zero-order chi connectivity index (χ0) is 22.5. The van der Waals surface area contributed by atoms with Gasteiger partial charge in [0.25, 0.3) is 11.5 Å². The number of hydrogen-bond donors (Lipinski definition) is 1. The standard InChI is InChI=1S/C22H19F2N5O3/c23-16-7-5-15(6-8-16)12-28-14-26-21-17(22(28)31)11-27-29(21)10-9-25-20(30)13-32-19-4-2-1-3-18(19)24/h1-8,11,14H,9-10,12-13H2,(H,25,30). The Kier molecular flexibility index (Phi) is 6.20. The molecule has 8 nitrogen and oxygen atoms in total. The van der Waals surface area contributed by atoms with Gasteiger partial charge in [-0.25, -0.2) is 18.4 Å². The van der Waals surface area contributed by atoms with Crippen LogP contribution in [0.15, 0.2) is 65.8 Å². The molecule has 32 heavy (non-hydrogen) atoms. The molecule has 0 spiro atoms. The molecule has 4 rings (SSSR count). The Labute approximate surface area is 181 Å². The maximum absolute atomic E-state index is 13.5. The van der Waals surface area contributed by atoms with Crippen molar-refractivity contribution in [2.24, 2.45) is 0 Å². The third-order valence-corrected chi connectivity index (χ3v) is 4.73. The van der Waals surface area contributed by atoms with Gasteiger partial charge < -0.3 is 10.1 Å². The molecule has 1 N–H and O–H groups in total. The fourth-order valence-corrected chi connectivity index (χ4v) is 3.12. The predicted octanol–water partition coefficient (Wildman–Crippen LogP) is 2.11. The molecule has 1 amide bonds. The molecule has 0 aliphatic heterocycles. The summed E-state index contributed by atoms with van der Waals surface area (Å²) in [4.78, 5) is 29.0. The van der Waals surface area contributed by atoms with Crippen LogP contribution in [-0.2, 0) is 17.9 Å². The SMILES string of the molecule is O=C(COc1ccccc1F)NCCn1ncc2c(=O)n(Cc3ccc(F)cc3)cnc21. The first kappa shape index (κ1) is 21.2. The number of nitrogens with zero attached hydrogens (tertiary/aromatic N) is 4. The normalized spacial score (nSPS) is 10.9. The van der Waals surface area contributed by atoms with E-state index < -0.39 is 11.7 Å². The quantitative estimate of drug-likeness (QED) is 0.454. The van der Waals surface area contributed by atoms with Gasteiger partial charge in [0.15, 0.2) is 23.8 Å². The second-order valence-corrected chi connectivity index (χ2v) is 6.98. The molecule has 0 aliphatic rings. The van der Waals surface area contributed by atoms with Crippen molar-refractivity contribution in [2.75, 3.05) is 13.2 Å². The minimum atomic E-state index is -0.542. The van der Waals surface area contributed by atoms with Crippen LogP contribution in [0.4, 0.5) is 8.78 Å². The van der Waals surface area contributed by atoms with E-state index in [-0.39, 0.29) is 43.4 Å². The zero-order valence-electron chi connectivity index (χ0n) is 16.9. The number of fused-ring (bicyclic) bond motifs is 1. The molecule has 10 heteroatoms. The number of carbonyl (C=O) groups excluding carboxylic acids is 1. The van der Waals surface area contributed by atoms with Crippen LogP contribution >= 0.6 is 0 Å². The number of carbonyl (C=O) groups is 1. The lowest BCUT2D eigenvalue weighted by Gasteiger charge is -2.09. The van der Waals surface area contributed by atoms with Gasteiger partial charge in [0.1, 0.15) is 17.5 Å². The summed E-state index contributed by atoms with van der Waals surface area (Å²) in [5.74, 6) is -1.30. The van der Waals surface area contributed by atoms with Crippen molar-refractivity contribution in [3.63, 3.8) is 0 Å². The number of hydrogen-bond acceptors (Lipinski definition) is 5. The summed E-state index contributed by atoms with van der Waals surface area (Å²) in [7, 11) is 0. The van der Waals surface area contributed by atoms with Gasteiger partial charge >= 0.3 is 0 Å². The molecule has 0 saturated carbocycles. The Balaban J connectivity index is 1.35. The second kappa shape index (κ2) is 9.38. The number of ether oxygens (including phenoxy) is 1. The summed E-state index contributed by atoms with van der Waals surface area (Å²) in [5.41, 5.74) is 0.887. The molecule has 0 bridgehead atoms. The van der Waals surface area contributed by atoms with Crippen LogP contribution in [-0.4, -0.2) is 38.4 Å². The smallest absolute Gasteiger partial charge is 0.264 e. The van der Waals surface area contributed by atoms with E-state index >= 15 is 0 Å². The fourth-order valence-electron chi connectivity index (χ4n) is 3.12. The average molecular weight is 439 g/mol. The number of aromatic nitrogens is 4. The van der Waals surface area contributed by atoms with Gasteiger partial charge in [0.05, 0.1) is 19.3 Å². The van der Waals surface area contributed by atoms with Crippen molar-refractivity contribution < 1.29 is 18.3 Å². The van der Waals surface area contributed by atoms with Crippen LogP contribution in [0.25, 0.3) is 11.0 Å². The highest BCUT2D eigenvalue weighted by atomic mass is 19.1. The summed E-state index contributed by atoms with van der Waals surface area (Å²) < 4.78 is 34.7. The Bertz CT molecular complexity index is 1300. The number of amides is 1. The third-order valence-electron chi connectivity index (χ3n) is 4.73. The molecule has 0 atom stereocenters. The summed E-state index contributed by atoms with van der Waals surface area (Å²) in [6.07, 6.45) is 2.84. The summed E-state index contributed by atoms with van der Waals surface area (Å²) in [6.45, 7) is 0.429. The number of nitrogens with one attached hydrogen (secondary N) is 1. The highest BCUT2D eigenvalue weighted by molar-refractivity contribution is 5.77. The third kappa shape index (κ3) is 4.80. The van der Waals surface area contributed by atoms with E-state index in [0.29, 0.717) is 11.0 Å². The maximum Gasteiger partial charge on any atom is 0.264 e. The van der Waals surface area contributed by atoms with E-state index in [1.807, 2.05) is 0 Å². The predicted molar refractivity (Wildman–Crippen MR) is 112 cm³/mol. The van der Waals surface area contributed by atoms with E-state index in [1.54, 1.807) is 18.2 Å². The maximum atomic E-state index is 13.5. The lowest BCUT2D eigenvalue weighted by Crippen LogP contribution is -2.32. The minimum Gasteiger partial charge on any atom is -0.481 e. The van der Waals surface area contributed by atoms with Gasteiger partial charge in [-0.1, -0.05) is 24.3 Å². The molecular formula is C22H19F2N5O3. The highest BCUT2D eigenvalue weighted by Gasteiger charge is 2.11. The molecule has 0 radical (unpaired) electrons. The van der Waals surface area contributed by atoms with Crippen LogP contribution in [0.1, 0.15) is 5.56 Å². The topological polar surface area (TPSA) is 91.0 Å². The van der Waals surface area contributed by atoms with E-state index in [2.05, 4.69) is 15.4 Å². The molecule has 0 unspecified atom stereocenters. The van der Waals surface area contributed by atoms with Crippen molar-refractivity contribution in [2.45, 2.75) is 13.1 Å². The van der Waals surface area contributed by atoms with Gasteiger partial charge in [0.2, 0.25) is 0 Å². The first-order chi connectivity index (χ1) is 15.5. The lowest BCUT2D eigenvalue weighted by molar-refractivity contribution is -0.123. The Morgan fingerprint density at radius 2 is 1.88 bits per heavy atom. The van der Waals surface area contributed by atoms with E-state index in [0.717, 1.165) is 5.56 Å². The summed E-state index contributed by atoms with van der Waals surface area (Å²) in [6, 6.07) is 11.7. The van der Waals surface area contributed by atoms with Gasteiger partial charge in [-0.2, -0.15) is 5.10 Å². The molecule has 0 saturated heterocycles. The second-order valence-electron chi connectivity index (χ2n) is 6.98. The Morgan fingerprint density at radius 1 is 1.09 bits per heavy atom. The van der Waals surface area contributed by atoms with Gasteiger partial charge in [-0.15, -0.1) is 0 Å². The van der Waals surface area contributed by atoms with Crippen molar-refractivity contribution in [3.8, 4) is 5.75 Å². The summed E-state index contributed by atoms with van der Waals surface area (Å²) >= 11 is 0. The number of halogens is 2. The highest BCUT2D eigenvalue weighted by Crippen LogP contribution is 2.15. The molecule has 164 valence electrons. The molecule has 2 aromatic carbocycles. The molecule has 2 heterocycles. The zero-order valence-corrected chi connectivity index (χ0v) is 16.9. The van der Waals surface area contributed by atoms with Crippen molar-refractivity contribution in [3.05, 3.63) is 88.6 Å². The minimum absolute atomic E-state index is 0.00170. The monoisotopic (exact) mass is 439 g/mol. The van der Waals surface area contributed by atoms with Crippen LogP contribution in [0.3, 0.4) is 0 Å². The van der Waals surface area contributed by atoms with Gasteiger partial charge in [-0.05, 0) is 29.8 Å². The van der Waals surface area contributed by atoms with Gasteiger partial charge in [0, 0.05) is 6.54 Å². The average Bonchev–Trinajstić information content (AvgIpc) is 3.20. The van der Waals surface area contributed by atoms with Crippen molar-refractivity contribution in [1.82, 2.24) is 24.6 Å². The van der Waals surface area contributed by atoms with Crippen LogP contribution in [0, 0.1) is 11.6 Å². The number of benzene rings is 2. The lowest BCUT2D eigenvalue weighted by atomic mass is 10.2. The van der Waals surface area contributed by atoms with Crippen molar-refractivity contribution in [1.29, 1.82) is 0 Å². The van der Waals surface area contributed by atoms with Crippen LogP contribution in [0.2, 0.25) is 0 Å². The summed E-state index contributed by atoms with van der Waals surface area (Å²) in [5, 5.41) is 7.16. The van der Waals surface area contributed by atoms with Crippen molar-refractivity contribution >= 4 is 16.9 Å². The van der Waals surface area contributed by atoms with Gasteiger partial charge in [-0.3, -0.25) is 14.2 Å². The number of para-hydroxylation sites is 1. The fraction of sp³-hybridized carbons (Fsp3) is 0.182. The molecule has 0 fully saturated rings. The largest absolute Gasteiger partial charge is 0.481 e. The Hall–Kier alpha value is -4.08. The Morgan fingerprint density at radius 3 is 2.66 bits per heavy atom. The van der Waals surface area contributed by atoms with Crippen LogP contribution in [0.5, 0.6) is 5.75 Å². The van der Waals surface area contributed by atoms with E-state index in [1.165, 1.54) is 52.1 Å². The number of rotatable bonds is 8. The molecule has 2 aromatic heterocycles. The molecular weight excluding hydrogens is 420 g/mol. The van der Waals surface area contributed by atoms with E-state index in [4.69, 9.17) is 4.74 Å². The van der Waals surface area contributed by atoms with Crippen LogP contribution < -0.4 is 15.6 Å². The van der Waals surface area contributed by atoms with E-state index in [9.17, 15) is 18.4 Å². The first-order valence-corrected chi connectivity index (χ1v) is 9.80.